The van der Waals surface area contributed by atoms with Gasteiger partial charge in [0, 0.05) is 54.8 Å². The van der Waals surface area contributed by atoms with E-state index in [2.05, 4.69) is 37.2 Å². The second-order valence-electron chi connectivity index (χ2n) is 34.2. The van der Waals surface area contributed by atoms with Gasteiger partial charge in [-0.2, -0.15) is 0 Å². The van der Waals surface area contributed by atoms with Gasteiger partial charge in [-0.25, -0.2) is 4.79 Å². The molecule has 32 atom stereocenters. The highest BCUT2D eigenvalue weighted by Gasteiger charge is 2.53. The lowest BCUT2D eigenvalue weighted by atomic mass is 9.89. The molecule has 1 unspecified atom stereocenters. The van der Waals surface area contributed by atoms with E-state index >= 15 is 28.8 Å². The highest BCUT2D eigenvalue weighted by atomic mass is 35.5. The predicted molar refractivity (Wildman–Crippen MR) is 466 cm³/mol. The first-order valence-corrected chi connectivity index (χ1v) is 44.1. The summed E-state index contributed by atoms with van der Waals surface area (Å²) in [6.07, 6.45) is -39.1. The fourth-order valence-corrected chi connectivity index (χ4v) is 17.9. The largest absolute Gasteiger partial charge is 0.508 e. The van der Waals surface area contributed by atoms with E-state index in [1.54, 1.807) is 0 Å². The lowest BCUT2D eigenvalue weighted by Gasteiger charge is -2.44. The lowest BCUT2D eigenvalue weighted by molar-refractivity contribution is -0.330. The van der Waals surface area contributed by atoms with Gasteiger partial charge in [-0.15, -0.1) is 0 Å². The summed E-state index contributed by atoms with van der Waals surface area (Å²) in [6.45, 7) is 2.36. The second-order valence-corrected chi connectivity index (χ2v) is 35.0. The van der Waals surface area contributed by atoms with E-state index in [1.807, 2.05) is 0 Å². The van der Waals surface area contributed by atoms with E-state index in [9.17, 15) is 86.5 Å². The van der Waals surface area contributed by atoms with Crippen LogP contribution in [0.3, 0.4) is 0 Å². The number of benzene rings is 7. The van der Waals surface area contributed by atoms with Gasteiger partial charge < -0.3 is 192 Å². The Morgan fingerprint density at radius 3 is 1.64 bits per heavy atom. The summed E-state index contributed by atoms with van der Waals surface area (Å²) >= 11 is 14.2. The number of nitrogens with two attached hydrogens (primary N) is 2. The van der Waals surface area contributed by atoms with Crippen LogP contribution in [0.5, 0.6) is 57.5 Å². The summed E-state index contributed by atoms with van der Waals surface area (Å²) in [6, 6.07) is 5.89. The molecule has 137 heavy (non-hydrogen) atoms. The Balaban J connectivity index is 0.954. The number of aliphatic hydroxyl groups is 11. The number of methoxy groups -OCH3 is 1. The number of ether oxygens (including phenoxy) is 13. The van der Waals surface area contributed by atoms with Crippen molar-refractivity contribution < 1.29 is 177 Å². The van der Waals surface area contributed by atoms with Gasteiger partial charge in [0.05, 0.1) is 53.8 Å². The third-order valence-electron chi connectivity index (χ3n) is 25.0. The molecule has 7 aromatic carbocycles. The fourth-order valence-electron chi connectivity index (χ4n) is 17.5. The van der Waals surface area contributed by atoms with Gasteiger partial charge in [-0.1, -0.05) is 65.7 Å². The van der Waals surface area contributed by atoms with Crippen LogP contribution in [-0.4, -0.2) is 304 Å². The number of halogens is 2. The predicted octanol–water partition coefficient (Wildman–Crippen LogP) is -1.22. The van der Waals surface area contributed by atoms with Gasteiger partial charge in [0.2, 0.25) is 53.8 Å². The summed E-state index contributed by atoms with van der Waals surface area (Å²) < 4.78 is 81.8. The molecule has 47 heteroatoms. The van der Waals surface area contributed by atoms with Crippen molar-refractivity contribution in [3.63, 3.8) is 0 Å². The lowest BCUT2D eigenvalue weighted by Crippen LogP contribution is -2.62. The quantitative estimate of drug-likeness (QED) is 0.0451. The van der Waals surface area contributed by atoms with Crippen molar-refractivity contribution in [2.45, 2.75) is 229 Å². The fraction of sp³-hybridized carbons (Fsp3) is 0.456. The molecule has 10 aliphatic heterocycles. The smallest absolute Gasteiger partial charge is 0.330 e. The zero-order valence-electron chi connectivity index (χ0n) is 73.2. The highest BCUT2D eigenvalue weighted by molar-refractivity contribution is 6.32. The number of aliphatic carboxylic acids is 1. The normalized spacial score (nSPS) is 33.8. The van der Waals surface area contributed by atoms with Crippen LogP contribution in [0, 0.1) is 0 Å². The molecule has 17 rings (SSSR count). The molecule has 11 bridgehead atoms. The molecule has 0 radical (unpaired) electrons. The van der Waals surface area contributed by atoms with Gasteiger partial charge >= 0.3 is 5.97 Å². The van der Waals surface area contributed by atoms with E-state index in [4.69, 9.17) is 96.2 Å². The Bertz CT molecular complexity index is 5580. The number of carbonyl (C=O) groups is 7. The van der Waals surface area contributed by atoms with Crippen LogP contribution < -0.4 is 67.6 Å². The summed E-state index contributed by atoms with van der Waals surface area (Å²) in [4.78, 5) is 112. The summed E-state index contributed by atoms with van der Waals surface area (Å²) in [5.41, 5.74) is 9.56. The van der Waals surface area contributed by atoms with Crippen LogP contribution in [0.25, 0.3) is 11.1 Å². The molecule has 0 aliphatic carbocycles. The summed E-state index contributed by atoms with van der Waals surface area (Å²) in [7, 11) is 2.62. The van der Waals surface area contributed by atoms with Crippen LogP contribution >= 0.6 is 23.2 Å². The molecular weight excluding hydrogens is 1850 g/mol. The molecule has 10 aliphatic rings. The van der Waals surface area contributed by atoms with Crippen LogP contribution in [0.2, 0.25) is 10.0 Å². The zero-order valence-corrected chi connectivity index (χ0v) is 74.7. The van der Waals surface area contributed by atoms with Crippen LogP contribution in [-0.2, 0) is 76.2 Å². The average molecular weight is 1960 g/mol. The summed E-state index contributed by atoms with van der Waals surface area (Å²) in [5, 5.41) is 198. The number of aromatic hydroxyl groups is 4. The third-order valence-corrected chi connectivity index (χ3v) is 25.6. The monoisotopic (exact) mass is 1960 g/mol. The Morgan fingerprint density at radius 2 is 1.04 bits per heavy atom. The number of phenolic OH excluding ortho intramolecular Hbond substituents is 4. The van der Waals surface area contributed by atoms with Gasteiger partial charge in [-0.05, 0) is 140 Å². The number of nitrogens with one attached hydrogen (secondary N) is 7. The van der Waals surface area contributed by atoms with Crippen molar-refractivity contribution in [2.75, 3.05) is 27.4 Å². The van der Waals surface area contributed by atoms with E-state index in [-0.39, 0.29) is 46.6 Å². The van der Waals surface area contributed by atoms with Crippen molar-refractivity contribution in [2.24, 2.45) is 11.5 Å². The minimum atomic E-state index is -2.49. The standard InChI is InChI=1S/C90H103Cl2N9O36/c1-31-67(108)47(93)27-57(126-31)134-77-38-12-19-52(46(92)22-38)131-54-24-39-23-53(78(54)137-90-80(73(114)71(112)56(30-103)133-90)135-58-28-48(94)68(109)32(2)127-58)129-41-15-8-35(9-16-41)76(136-88-74(115)72(113)70(111)55(29-102)132-88)65(100-81(117)60(95-4)34-6-13-42(14-7-34)130-89-75(116)79(125-5)69(110)33(3)128-89)85(121)97-62(37-11-18-50(106)45(91)21-37)82(118)98-63(39)84(120)96-61-36-10-17-49(105)43(20-36)59-44(25-40(104)26-51(59)107)64(87(123)124)99-86(122)66(77)101-83(61)119/h6-26,31-33,47-48,55-58,60-77,79-80,88-90,95,102-116H,27-30,93-94H2,1-5H3,(H,96,120)(H,97,121)(H,98,118)(H,99,122)(H,100,117)(H,101,119)(H,123,124)/t31-,32-,33-,47+,48+,55+,56+,57-,58-,60+,61+,62-,63+,64-,65+,66-,67-,68-,69-,70+,71?,72-,73-,74-,75+,76+,77+,79+,80+,88+,89-,90-/m0/s1. The minimum absolute atomic E-state index is 0.0566. The maximum absolute atomic E-state index is 17.0. The number of rotatable bonds is 19. The van der Waals surface area contributed by atoms with E-state index in [1.165, 1.54) is 89.5 Å². The number of phenols is 4. The van der Waals surface area contributed by atoms with Crippen molar-refractivity contribution in [3.05, 3.63) is 176 Å². The van der Waals surface area contributed by atoms with Gasteiger partial charge in [0.25, 0.3) is 0 Å². The van der Waals surface area contributed by atoms with E-state index in [0.717, 1.165) is 72.8 Å². The molecular formula is C90H103Cl2N9O36. The molecule has 0 saturated carbocycles. The van der Waals surface area contributed by atoms with Crippen LogP contribution in [0.1, 0.15) is 115 Å². The minimum Gasteiger partial charge on any atom is -0.508 e. The molecule has 738 valence electrons. The topological polar surface area (TPSA) is 699 Å². The Kier molecular flexibility index (Phi) is 30.7. The second kappa shape index (κ2) is 41.9. The number of carbonyl (C=O) groups excluding carboxylic acids is 6. The first-order valence-electron chi connectivity index (χ1n) is 43.3. The molecule has 27 N–H and O–H groups in total. The first-order chi connectivity index (χ1) is 65.2. The van der Waals surface area contributed by atoms with Crippen LogP contribution in [0.15, 0.2) is 127 Å². The number of amides is 6. The van der Waals surface area contributed by atoms with Gasteiger partial charge in [0.1, 0.15) is 150 Å². The summed E-state index contributed by atoms with van der Waals surface area (Å²) in [5.74, 6) is -16.1. The van der Waals surface area contributed by atoms with E-state index < -0.39 is 334 Å². The van der Waals surface area contributed by atoms with Crippen molar-refractivity contribution in [3.8, 4) is 68.6 Å². The Hall–Kier alpha value is -11.1. The maximum atomic E-state index is 17.0. The van der Waals surface area contributed by atoms with Gasteiger partial charge in [-0.3, -0.25) is 28.8 Å². The number of hydrogen-bond donors (Lipinski definition) is 25. The molecule has 0 spiro atoms. The van der Waals surface area contributed by atoms with Crippen LogP contribution in [0.4, 0.5) is 0 Å². The molecule has 10 heterocycles. The number of carboxylic acid groups (broad SMARTS) is 1. The zero-order chi connectivity index (χ0) is 98.5. The van der Waals surface area contributed by atoms with Crippen molar-refractivity contribution >= 4 is 64.6 Å². The number of aliphatic hydroxyl groups excluding tert-OH is 11. The molecule has 6 amide bonds. The average Bonchev–Trinajstić information content (AvgIpc) is 0.749. The number of fused-ring (bicyclic) bond motifs is 15. The molecule has 0 aromatic heterocycles. The number of likely N-dealkylation sites (N-methyl/N-ethyl adjacent to an activating group) is 1. The van der Waals surface area contributed by atoms with Crippen molar-refractivity contribution in [1.29, 1.82) is 0 Å². The number of hydrogen-bond acceptors (Lipinski definition) is 38. The Morgan fingerprint density at radius 1 is 0.489 bits per heavy atom. The SMILES string of the molecule is CN[C@@H](C(=O)N[C@H]1C(=O)N[C@@H](c2ccc(O)c(Cl)c2)C(=O)N[C@H]2C(=O)N[C@H]3C(=O)N[C@H](C(=O)N[C@H](C(=O)O)c4cc(O)cc(O)c4-c4cc3ccc4O)[C@H](O[C@H]3C[C@@H](N)[C@@H](O)[C@H](C)O3)c3ccc(c(Cl)c3)Oc3cc2cc(c3O[C@@H]2O[C@H](CO)C(O)[C@H](O)[C@H]2O[C@H]2C[C@@H](N)[C@@H](O)[C@H](C)O2)Oc2ccc(cc2)[C@H]1O[C@H]1O[C@H](CO)[C@@H](O)[C@H](O)[C@@H]1O)c1ccc(O[C@@H]2O[C@@H](C)[C@H](O)[C@@H](OC)[C@H]2O)cc1. The van der Waals surface area contributed by atoms with E-state index in [0.29, 0.717) is 0 Å². The molecule has 7 aromatic rings. The number of carboxylic acids is 1. The van der Waals surface area contributed by atoms with Crippen molar-refractivity contribution in [1.82, 2.24) is 37.2 Å². The maximum Gasteiger partial charge on any atom is 0.330 e. The third kappa shape index (κ3) is 21.0. The first kappa shape index (κ1) is 100. The molecule has 45 nitrogen and oxygen atoms in total. The molecule has 5 saturated heterocycles. The molecule has 5 fully saturated rings. The highest BCUT2D eigenvalue weighted by Crippen LogP contribution is 2.51. The Labute approximate surface area is 788 Å². The van der Waals surface area contributed by atoms with Gasteiger partial charge in [0.15, 0.2) is 42.5 Å².